The van der Waals surface area contributed by atoms with Crippen LogP contribution < -0.4 is 5.32 Å². The molecule has 4 rings (SSSR count). The summed E-state index contributed by atoms with van der Waals surface area (Å²) in [5.41, 5.74) is -2.31. The maximum absolute atomic E-state index is 13.8. The number of fused-ring (bicyclic) bond motifs is 2. The zero-order valence-electron chi connectivity index (χ0n) is 21.0. The summed E-state index contributed by atoms with van der Waals surface area (Å²) in [5.74, 6) is -6.25. The lowest BCUT2D eigenvalue weighted by atomic mass is 9.78. The number of rotatable bonds is 6. The van der Waals surface area contributed by atoms with E-state index in [1.807, 2.05) is 20.8 Å². The molecule has 38 heavy (non-hydrogen) atoms. The Morgan fingerprint density at radius 3 is 2.26 bits per heavy atom. The molecule has 2 unspecified atom stereocenters. The average molecular weight is 573 g/mol. The van der Waals surface area contributed by atoms with Gasteiger partial charge in [0.25, 0.3) is 5.91 Å². The lowest BCUT2D eigenvalue weighted by Crippen LogP contribution is -2.47. The Labute approximate surface area is 223 Å². The molecule has 2 aromatic rings. The maximum atomic E-state index is 13.8. The van der Waals surface area contributed by atoms with E-state index in [9.17, 15) is 31.5 Å². The van der Waals surface area contributed by atoms with Gasteiger partial charge in [0.05, 0.1) is 21.4 Å². The van der Waals surface area contributed by atoms with Crippen molar-refractivity contribution in [3.8, 4) is 0 Å². The van der Waals surface area contributed by atoms with Crippen LogP contribution in [0.1, 0.15) is 56.8 Å². The molecule has 2 saturated carbocycles. The van der Waals surface area contributed by atoms with Gasteiger partial charge < -0.3 is 15.3 Å². The molecule has 2 aromatic carbocycles. The van der Waals surface area contributed by atoms with Gasteiger partial charge in [0.2, 0.25) is 0 Å². The minimum atomic E-state index is -4.04. The number of nitrogens with zero attached hydrogens (tertiary/aromatic N) is 1. The molecule has 2 N–H and O–H groups in total. The predicted octanol–water partition coefficient (Wildman–Crippen LogP) is 5.50. The molecule has 2 fully saturated rings. The fraction of sp³-hybridized carbons (Fsp3) is 0.462. The molecule has 0 radical (unpaired) electrons. The number of carbonyl (C=O) groups excluding carboxylic acids is 1. The number of sulfone groups is 1. The van der Waals surface area contributed by atoms with Gasteiger partial charge in [0, 0.05) is 23.4 Å². The van der Waals surface area contributed by atoms with Crippen molar-refractivity contribution in [1.82, 2.24) is 0 Å². The third kappa shape index (κ3) is 5.84. The highest BCUT2D eigenvalue weighted by molar-refractivity contribution is 7.92. The topological polar surface area (TPSA) is 105 Å². The summed E-state index contributed by atoms with van der Waals surface area (Å²) in [5, 5.41) is 16.3. The van der Waals surface area contributed by atoms with Crippen LogP contribution in [0.3, 0.4) is 0 Å². The first-order valence-electron chi connectivity index (χ1n) is 12.0. The van der Waals surface area contributed by atoms with Crippen molar-refractivity contribution in [3.63, 3.8) is 0 Å². The molecular formula is C26H28ClF3N2O5S. The zero-order chi connectivity index (χ0) is 28.0. The normalized spacial score (nSPS) is 25.5. The summed E-state index contributed by atoms with van der Waals surface area (Å²) < 4.78 is 67.9. The van der Waals surface area contributed by atoms with Gasteiger partial charge >= 0.3 is 0 Å². The zero-order valence-corrected chi connectivity index (χ0v) is 22.5. The van der Waals surface area contributed by atoms with Crippen LogP contribution in [0.25, 0.3) is 0 Å². The Morgan fingerprint density at radius 2 is 1.71 bits per heavy atom. The molecule has 0 aliphatic heterocycles. The lowest BCUT2D eigenvalue weighted by Gasteiger charge is -2.38. The fourth-order valence-corrected chi connectivity index (χ4v) is 8.15. The minimum absolute atomic E-state index is 0.0826. The van der Waals surface area contributed by atoms with Crippen molar-refractivity contribution < 1.29 is 36.3 Å². The van der Waals surface area contributed by atoms with E-state index in [0.717, 1.165) is 6.07 Å². The number of benzene rings is 2. The van der Waals surface area contributed by atoms with Crippen LogP contribution in [-0.4, -0.2) is 42.1 Å². The number of oxime groups is 1. The highest BCUT2D eigenvalue weighted by atomic mass is 35.5. The summed E-state index contributed by atoms with van der Waals surface area (Å²) in [4.78, 5) is 17.8. The van der Waals surface area contributed by atoms with E-state index in [0.29, 0.717) is 25.0 Å². The van der Waals surface area contributed by atoms with Gasteiger partial charge in [-0.3, -0.25) is 4.79 Å². The Bertz CT molecular complexity index is 1360. The first-order chi connectivity index (χ1) is 17.6. The van der Waals surface area contributed by atoms with Crippen LogP contribution >= 0.6 is 11.6 Å². The van der Waals surface area contributed by atoms with Crippen molar-refractivity contribution >= 4 is 39.2 Å². The highest BCUT2D eigenvalue weighted by Crippen LogP contribution is 2.51. The van der Waals surface area contributed by atoms with Gasteiger partial charge in [-0.05, 0) is 76.5 Å². The summed E-state index contributed by atoms with van der Waals surface area (Å²) in [6.07, 6.45) is 2.86. The SMILES string of the molecule is CC(C)(C)O/N=C/[C@]1(O)CC2CCC(C1)[C@H]2S(=O)(=O)c1cc(C(=O)Nc2cc(F)c(F)c(F)c2)ccc1Cl. The molecule has 0 spiro atoms. The third-order valence-electron chi connectivity index (χ3n) is 6.79. The lowest BCUT2D eigenvalue weighted by molar-refractivity contribution is -0.00664. The van der Waals surface area contributed by atoms with Crippen LogP contribution in [0.15, 0.2) is 40.4 Å². The molecule has 12 heteroatoms. The van der Waals surface area contributed by atoms with Crippen LogP contribution in [0.5, 0.6) is 0 Å². The Balaban J connectivity index is 1.57. The summed E-state index contributed by atoms with van der Waals surface area (Å²) in [6, 6.07) is 4.86. The van der Waals surface area contributed by atoms with Gasteiger partial charge in [0.1, 0.15) is 11.2 Å². The standard InChI is InChI=1S/C26H28ClF3N2O5S/c1-25(2,3)37-31-13-26(34)11-15-4-5-16(12-26)23(15)38(35,36)21-8-14(6-7-18(21)27)24(33)32-17-9-19(28)22(30)20(29)10-17/h6-10,13,15-16,23,34H,4-5,11-12H2,1-3H3,(H,32,33)/b31-13+/t15?,16?,23-,26-. The van der Waals surface area contributed by atoms with E-state index in [1.54, 1.807) is 0 Å². The Morgan fingerprint density at radius 1 is 1.13 bits per heavy atom. The van der Waals surface area contributed by atoms with Gasteiger partial charge in [-0.1, -0.05) is 16.8 Å². The van der Waals surface area contributed by atoms with E-state index in [2.05, 4.69) is 10.5 Å². The molecule has 2 aliphatic carbocycles. The number of aliphatic hydroxyl groups is 1. The first kappa shape index (κ1) is 28.4. The number of nitrogens with one attached hydrogen (secondary N) is 1. The second-order valence-corrected chi connectivity index (χ2v) is 13.4. The quantitative estimate of drug-likeness (QED) is 0.270. The van der Waals surface area contributed by atoms with E-state index in [4.69, 9.17) is 16.4 Å². The molecule has 7 nitrogen and oxygen atoms in total. The molecule has 0 aromatic heterocycles. The van der Waals surface area contributed by atoms with E-state index in [1.165, 1.54) is 18.3 Å². The maximum Gasteiger partial charge on any atom is 0.255 e. The van der Waals surface area contributed by atoms with E-state index < -0.39 is 49.6 Å². The Hall–Kier alpha value is -2.63. The molecule has 0 saturated heterocycles. The van der Waals surface area contributed by atoms with Crippen LogP contribution in [-0.2, 0) is 14.7 Å². The van der Waals surface area contributed by atoms with Crippen molar-refractivity contribution in [3.05, 3.63) is 58.4 Å². The molecule has 206 valence electrons. The average Bonchev–Trinajstić information content (AvgIpc) is 3.10. The monoisotopic (exact) mass is 572 g/mol. The van der Waals surface area contributed by atoms with Gasteiger partial charge in [-0.15, -0.1) is 0 Å². The van der Waals surface area contributed by atoms with Crippen molar-refractivity contribution in [2.24, 2.45) is 17.0 Å². The fourth-order valence-electron chi connectivity index (χ4n) is 5.30. The number of hydrogen-bond acceptors (Lipinski definition) is 6. The van der Waals surface area contributed by atoms with Crippen molar-refractivity contribution in [2.75, 3.05) is 5.32 Å². The highest BCUT2D eigenvalue weighted by Gasteiger charge is 2.54. The summed E-state index contributed by atoms with van der Waals surface area (Å²) in [7, 11) is -4.04. The molecule has 2 atom stereocenters. The molecule has 2 bridgehead atoms. The van der Waals surface area contributed by atoms with Crippen LogP contribution in [0.4, 0.5) is 18.9 Å². The number of hydrogen-bond donors (Lipinski definition) is 2. The van der Waals surface area contributed by atoms with Crippen molar-refractivity contribution in [1.29, 1.82) is 0 Å². The first-order valence-corrected chi connectivity index (χ1v) is 14.0. The molecule has 2 aliphatic rings. The largest absolute Gasteiger partial charge is 0.390 e. The number of carbonyl (C=O) groups is 1. The van der Waals surface area contributed by atoms with Crippen LogP contribution in [0.2, 0.25) is 5.02 Å². The van der Waals surface area contributed by atoms with E-state index in [-0.39, 0.29) is 45.8 Å². The molecular weight excluding hydrogens is 545 g/mol. The molecule has 1 amide bonds. The summed E-state index contributed by atoms with van der Waals surface area (Å²) in [6.45, 7) is 5.45. The van der Waals surface area contributed by atoms with Gasteiger partial charge in [0.15, 0.2) is 27.3 Å². The smallest absolute Gasteiger partial charge is 0.255 e. The van der Waals surface area contributed by atoms with E-state index >= 15 is 0 Å². The van der Waals surface area contributed by atoms with Crippen molar-refractivity contribution in [2.45, 2.75) is 67.8 Å². The second-order valence-electron chi connectivity index (χ2n) is 10.9. The Kier molecular flexibility index (Phi) is 7.59. The molecule has 0 heterocycles. The van der Waals surface area contributed by atoms with Gasteiger partial charge in [-0.2, -0.15) is 0 Å². The van der Waals surface area contributed by atoms with Gasteiger partial charge in [-0.25, -0.2) is 21.6 Å². The predicted molar refractivity (Wildman–Crippen MR) is 136 cm³/mol. The number of amides is 1. The van der Waals surface area contributed by atoms with Crippen LogP contribution in [0, 0.1) is 29.3 Å². The summed E-state index contributed by atoms with van der Waals surface area (Å²) >= 11 is 6.27. The number of halogens is 4. The second kappa shape index (κ2) is 10.2. The minimum Gasteiger partial charge on any atom is -0.390 e. The number of anilines is 1. The third-order valence-corrected chi connectivity index (χ3v) is 9.67.